The molecule has 22 heavy (non-hydrogen) atoms. The molecule has 0 radical (unpaired) electrons. The van der Waals surface area contributed by atoms with Gasteiger partial charge in [-0.25, -0.2) is 4.98 Å². The number of ether oxygens (including phenoxy) is 1. The van der Waals surface area contributed by atoms with Gasteiger partial charge in [0.1, 0.15) is 12.0 Å². The van der Waals surface area contributed by atoms with Gasteiger partial charge in [-0.1, -0.05) is 0 Å². The number of rotatable bonds is 3. The molecule has 1 fully saturated rings. The number of imidazole rings is 1. The lowest BCUT2D eigenvalue weighted by atomic mass is 10.3. The molecule has 0 atom stereocenters. The van der Waals surface area contributed by atoms with Crippen LogP contribution in [-0.2, 0) is 4.74 Å². The molecule has 0 unspecified atom stereocenters. The molecule has 1 amide bonds. The number of hydrogen-bond donors (Lipinski definition) is 0. The quantitative estimate of drug-likeness (QED) is 0.628. The lowest BCUT2D eigenvalue weighted by Crippen LogP contribution is -2.40. The number of benzene rings is 1. The average molecular weight is 302 g/mol. The molecule has 0 N–H and O–H groups in total. The predicted octanol–water partition coefficient (Wildman–Crippen LogP) is 1.25. The first-order valence-corrected chi connectivity index (χ1v) is 6.81. The molecule has 8 heteroatoms. The van der Waals surface area contributed by atoms with Crippen LogP contribution in [0.25, 0.3) is 5.69 Å². The third kappa shape index (κ3) is 2.82. The fourth-order valence-corrected chi connectivity index (χ4v) is 2.25. The highest BCUT2D eigenvalue weighted by molar-refractivity contribution is 5.92. The molecule has 1 aliphatic rings. The van der Waals surface area contributed by atoms with E-state index in [9.17, 15) is 14.9 Å². The third-order valence-corrected chi connectivity index (χ3v) is 3.46. The summed E-state index contributed by atoms with van der Waals surface area (Å²) >= 11 is 0. The van der Waals surface area contributed by atoms with E-state index >= 15 is 0 Å². The smallest absolute Gasteiger partial charge is 0.274 e. The number of nitro benzene ring substituents is 1. The summed E-state index contributed by atoms with van der Waals surface area (Å²) in [5, 5.41) is 10.6. The Morgan fingerprint density at radius 2 is 1.91 bits per heavy atom. The minimum absolute atomic E-state index is 0.0217. The predicted molar refractivity (Wildman–Crippen MR) is 76.9 cm³/mol. The van der Waals surface area contributed by atoms with Crippen molar-refractivity contribution in [2.24, 2.45) is 0 Å². The van der Waals surface area contributed by atoms with Gasteiger partial charge in [0.2, 0.25) is 0 Å². The van der Waals surface area contributed by atoms with Crippen molar-refractivity contribution >= 4 is 11.6 Å². The standard InChI is InChI=1S/C14H14N4O4/c19-14(16-5-7-22-8-6-16)13-9-17(10-15-13)11-1-3-12(4-2-11)18(20)21/h1-4,9-10H,5-8H2. The minimum atomic E-state index is -0.453. The molecule has 2 heterocycles. The van der Waals surface area contributed by atoms with Crippen molar-refractivity contribution in [1.82, 2.24) is 14.5 Å². The molecule has 0 bridgehead atoms. The topological polar surface area (TPSA) is 90.5 Å². The van der Waals surface area contributed by atoms with Crippen molar-refractivity contribution in [1.29, 1.82) is 0 Å². The van der Waals surface area contributed by atoms with Crippen LogP contribution in [0, 0.1) is 10.1 Å². The molecular formula is C14H14N4O4. The van der Waals surface area contributed by atoms with Crippen LogP contribution in [0.5, 0.6) is 0 Å². The zero-order valence-corrected chi connectivity index (χ0v) is 11.7. The number of carbonyl (C=O) groups excluding carboxylic acids is 1. The highest BCUT2D eigenvalue weighted by Gasteiger charge is 2.20. The molecule has 0 saturated carbocycles. The van der Waals surface area contributed by atoms with Crippen LogP contribution in [0.2, 0.25) is 0 Å². The minimum Gasteiger partial charge on any atom is -0.378 e. The first-order valence-electron chi connectivity index (χ1n) is 6.81. The van der Waals surface area contributed by atoms with E-state index in [0.29, 0.717) is 37.7 Å². The SMILES string of the molecule is O=C(c1cn(-c2ccc([N+](=O)[O-])cc2)cn1)N1CCOCC1. The Bertz CT molecular complexity index is 689. The highest BCUT2D eigenvalue weighted by Crippen LogP contribution is 2.16. The van der Waals surface area contributed by atoms with Gasteiger partial charge < -0.3 is 14.2 Å². The summed E-state index contributed by atoms with van der Waals surface area (Å²) in [6.07, 6.45) is 3.15. The summed E-state index contributed by atoms with van der Waals surface area (Å²) in [6, 6.07) is 6.06. The molecule has 1 saturated heterocycles. The molecule has 8 nitrogen and oxygen atoms in total. The summed E-state index contributed by atoms with van der Waals surface area (Å²) < 4.78 is 6.88. The summed E-state index contributed by atoms with van der Waals surface area (Å²) in [6.45, 7) is 2.19. The summed E-state index contributed by atoms with van der Waals surface area (Å²) in [5.74, 6) is -0.135. The monoisotopic (exact) mass is 302 g/mol. The Labute approximate surface area is 126 Å². The molecule has 3 rings (SSSR count). The van der Waals surface area contributed by atoms with E-state index in [0.717, 1.165) is 0 Å². The van der Waals surface area contributed by atoms with Crippen LogP contribution in [0.15, 0.2) is 36.8 Å². The van der Waals surface area contributed by atoms with Gasteiger partial charge in [0.25, 0.3) is 11.6 Å². The first kappa shape index (κ1) is 14.2. The zero-order chi connectivity index (χ0) is 15.5. The van der Waals surface area contributed by atoms with Crippen molar-refractivity contribution < 1.29 is 14.5 Å². The van der Waals surface area contributed by atoms with Crippen molar-refractivity contribution in [3.8, 4) is 5.69 Å². The number of non-ortho nitro benzene ring substituents is 1. The summed E-state index contributed by atoms with van der Waals surface area (Å²) in [4.78, 5) is 28.3. The highest BCUT2D eigenvalue weighted by atomic mass is 16.6. The molecule has 114 valence electrons. The first-order chi connectivity index (χ1) is 10.6. The maximum atomic E-state index is 12.3. The maximum Gasteiger partial charge on any atom is 0.274 e. The Morgan fingerprint density at radius 3 is 2.55 bits per heavy atom. The van der Waals surface area contributed by atoms with Gasteiger partial charge in [-0.05, 0) is 12.1 Å². The largest absolute Gasteiger partial charge is 0.378 e. The van der Waals surface area contributed by atoms with Crippen molar-refractivity contribution in [3.05, 3.63) is 52.6 Å². The van der Waals surface area contributed by atoms with Crippen LogP contribution >= 0.6 is 0 Å². The van der Waals surface area contributed by atoms with Gasteiger partial charge in [-0.15, -0.1) is 0 Å². The van der Waals surface area contributed by atoms with Gasteiger partial charge in [-0.3, -0.25) is 14.9 Å². The number of hydrogen-bond acceptors (Lipinski definition) is 5. The molecular weight excluding hydrogens is 288 g/mol. The number of carbonyl (C=O) groups is 1. The average Bonchev–Trinajstić information content (AvgIpc) is 3.05. The molecule has 0 aliphatic carbocycles. The summed E-state index contributed by atoms with van der Waals surface area (Å²) in [7, 11) is 0. The van der Waals surface area contributed by atoms with E-state index in [1.807, 2.05) is 0 Å². The second kappa shape index (κ2) is 5.94. The number of aromatic nitrogens is 2. The zero-order valence-electron chi connectivity index (χ0n) is 11.7. The van der Waals surface area contributed by atoms with Crippen molar-refractivity contribution in [2.75, 3.05) is 26.3 Å². The number of nitrogens with zero attached hydrogens (tertiary/aromatic N) is 4. The molecule has 2 aromatic rings. The third-order valence-electron chi connectivity index (χ3n) is 3.46. The van der Waals surface area contributed by atoms with Gasteiger partial charge >= 0.3 is 0 Å². The van der Waals surface area contributed by atoms with Crippen molar-refractivity contribution in [2.45, 2.75) is 0 Å². The van der Waals surface area contributed by atoms with E-state index in [4.69, 9.17) is 4.74 Å². The Hall–Kier alpha value is -2.74. The fourth-order valence-electron chi connectivity index (χ4n) is 2.25. The van der Waals surface area contributed by atoms with E-state index < -0.39 is 4.92 Å². The Morgan fingerprint density at radius 1 is 1.23 bits per heavy atom. The van der Waals surface area contributed by atoms with Gasteiger partial charge in [-0.2, -0.15) is 0 Å². The van der Waals surface area contributed by atoms with Gasteiger partial charge in [0.15, 0.2) is 0 Å². The molecule has 1 aromatic carbocycles. The number of nitro groups is 1. The van der Waals surface area contributed by atoms with Crippen LogP contribution in [0.4, 0.5) is 5.69 Å². The van der Waals surface area contributed by atoms with E-state index in [2.05, 4.69) is 4.98 Å². The van der Waals surface area contributed by atoms with Crippen LogP contribution < -0.4 is 0 Å². The molecule has 1 aliphatic heterocycles. The molecule has 1 aromatic heterocycles. The van der Waals surface area contributed by atoms with E-state index in [-0.39, 0.29) is 11.6 Å². The second-order valence-corrected chi connectivity index (χ2v) is 4.84. The fraction of sp³-hybridized carbons (Fsp3) is 0.286. The number of amides is 1. The van der Waals surface area contributed by atoms with E-state index in [1.165, 1.54) is 18.5 Å². The second-order valence-electron chi connectivity index (χ2n) is 4.84. The summed E-state index contributed by atoms with van der Waals surface area (Å²) in [5.41, 5.74) is 1.08. The maximum absolute atomic E-state index is 12.3. The van der Waals surface area contributed by atoms with Gasteiger partial charge in [0.05, 0.1) is 18.1 Å². The number of morpholine rings is 1. The van der Waals surface area contributed by atoms with Crippen LogP contribution in [0.1, 0.15) is 10.5 Å². The van der Waals surface area contributed by atoms with Crippen LogP contribution in [-0.4, -0.2) is 51.6 Å². The lowest BCUT2D eigenvalue weighted by molar-refractivity contribution is -0.384. The molecule has 0 spiro atoms. The van der Waals surface area contributed by atoms with Gasteiger partial charge in [0, 0.05) is 37.1 Å². The Kier molecular flexibility index (Phi) is 3.84. The van der Waals surface area contributed by atoms with E-state index in [1.54, 1.807) is 27.8 Å². The Balaban J connectivity index is 1.78. The van der Waals surface area contributed by atoms with Crippen molar-refractivity contribution in [3.63, 3.8) is 0 Å². The lowest BCUT2D eigenvalue weighted by Gasteiger charge is -2.25. The van der Waals surface area contributed by atoms with Crippen LogP contribution in [0.3, 0.4) is 0 Å². The normalized spacial score (nSPS) is 14.8.